The van der Waals surface area contributed by atoms with Gasteiger partial charge < -0.3 is 13.6 Å². The van der Waals surface area contributed by atoms with E-state index < -0.39 is 11.2 Å². The van der Waals surface area contributed by atoms with Crippen LogP contribution in [0.3, 0.4) is 0 Å². The fourth-order valence-corrected chi connectivity index (χ4v) is 3.34. The molecule has 5 nitrogen and oxygen atoms in total. The van der Waals surface area contributed by atoms with Crippen molar-refractivity contribution in [3.63, 3.8) is 0 Å². The Labute approximate surface area is 148 Å². The van der Waals surface area contributed by atoms with Crippen molar-refractivity contribution in [3.8, 4) is 0 Å². The molecular weight excluding hydrogens is 320 g/mol. The van der Waals surface area contributed by atoms with E-state index in [0.717, 1.165) is 6.42 Å². The van der Waals surface area contributed by atoms with Crippen LogP contribution in [0, 0.1) is 0 Å². The van der Waals surface area contributed by atoms with Crippen LogP contribution in [0.5, 0.6) is 0 Å². The van der Waals surface area contributed by atoms with Crippen LogP contribution in [0.4, 0.5) is 0 Å². The van der Waals surface area contributed by atoms with Crippen LogP contribution >= 0.6 is 0 Å². The Hall–Kier alpha value is -2.30. The highest BCUT2D eigenvalue weighted by Gasteiger charge is 2.37. The van der Waals surface area contributed by atoms with E-state index in [1.54, 1.807) is 6.92 Å². The Balaban J connectivity index is 2.27. The smallest absolute Gasteiger partial charge is 0.457 e. The third kappa shape index (κ3) is 4.62. The van der Waals surface area contributed by atoms with Gasteiger partial charge in [0.2, 0.25) is 0 Å². The number of hydrogen-bond acceptors (Lipinski definition) is 5. The molecule has 0 radical (unpaired) electrons. The predicted octanol–water partition coefficient (Wildman–Crippen LogP) is 4.33. The van der Waals surface area contributed by atoms with E-state index >= 15 is 0 Å². The van der Waals surface area contributed by atoms with Crippen molar-refractivity contribution in [2.75, 3.05) is 0 Å². The molecule has 136 valence electrons. The second-order valence-corrected chi connectivity index (χ2v) is 7.53. The van der Waals surface area contributed by atoms with Crippen molar-refractivity contribution >= 4 is 5.97 Å². The molecule has 1 aromatic heterocycles. The van der Waals surface area contributed by atoms with Crippen LogP contribution in [0.2, 0.25) is 0 Å². The lowest BCUT2D eigenvalue weighted by molar-refractivity contribution is -0.145. The monoisotopic (exact) mass is 346 g/mol. The summed E-state index contributed by atoms with van der Waals surface area (Å²) in [5.41, 5.74) is 0.588. The summed E-state index contributed by atoms with van der Waals surface area (Å²) in [6.07, 6.45) is 0.989. The fraction of sp³-hybridized carbons (Fsp3) is 0.500. The molecule has 0 fully saturated rings. The zero-order valence-electron chi connectivity index (χ0n) is 15.5. The van der Waals surface area contributed by atoms with Crippen LogP contribution in [-0.2, 0) is 27.0 Å². The highest BCUT2D eigenvalue weighted by molar-refractivity contribution is 5.68. The Morgan fingerprint density at radius 2 is 1.68 bits per heavy atom. The molecule has 0 aliphatic rings. The third-order valence-electron chi connectivity index (χ3n) is 4.35. The summed E-state index contributed by atoms with van der Waals surface area (Å²) in [5.74, 6) is -0.411. The van der Waals surface area contributed by atoms with Gasteiger partial charge in [-0.05, 0) is 17.4 Å². The van der Waals surface area contributed by atoms with Crippen molar-refractivity contribution in [3.05, 3.63) is 58.0 Å². The molecule has 1 aromatic carbocycles. The number of rotatable bonds is 7. The van der Waals surface area contributed by atoms with Gasteiger partial charge in [-0.3, -0.25) is 4.79 Å². The summed E-state index contributed by atoms with van der Waals surface area (Å²) in [7, 11) is 0. The largest absolute Gasteiger partial charge is 0.519 e. The minimum Gasteiger partial charge on any atom is -0.457 e. The van der Waals surface area contributed by atoms with Crippen LogP contribution in [-0.4, -0.2) is 5.97 Å². The van der Waals surface area contributed by atoms with Crippen LogP contribution in [0.25, 0.3) is 0 Å². The molecule has 0 saturated heterocycles. The van der Waals surface area contributed by atoms with Crippen molar-refractivity contribution < 1.29 is 18.4 Å². The van der Waals surface area contributed by atoms with Gasteiger partial charge >= 0.3 is 11.8 Å². The topological polar surface area (TPSA) is 69.7 Å². The minimum atomic E-state index is -0.775. The van der Waals surface area contributed by atoms with Gasteiger partial charge in [0.15, 0.2) is 18.1 Å². The minimum absolute atomic E-state index is 0.0943. The van der Waals surface area contributed by atoms with Gasteiger partial charge in [0.1, 0.15) is 0 Å². The summed E-state index contributed by atoms with van der Waals surface area (Å²) < 4.78 is 15.5. The number of esters is 1. The number of carbonyl (C=O) groups is 1. The zero-order valence-corrected chi connectivity index (χ0v) is 15.5. The molecule has 0 saturated carbocycles. The normalized spacial score (nSPS) is 12.2. The van der Waals surface area contributed by atoms with E-state index in [9.17, 15) is 9.59 Å². The highest BCUT2D eigenvalue weighted by atomic mass is 16.6. The van der Waals surface area contributed by atoms with Gasteiger partial charge in [0.25, 0.3) is 0 Å². The van der Waals surface area contributed by atoms with Crippen molar-refractivity contribution in [2.24, 2.45) is 0 Å². The van der Waals surface area contributed by atoms with E-state index in [-0.39, 0.29) is 30.2 Å². The molecule has 0 bridgehead atoms. The first kappa shape index (κ1) is 19.0. The van der Waals surface area contributed by atoms with Gasteiger partial charge in [0, 0.05) is 11.8 Å². The Morgan fingerprint density at radius 1 is 1.04 bits per heavy atom. The summed E-state index contributed by atoms with van der Waals surface area (Å²) in [6, 6.07) is 10.2. The van der Waals surface area contributed by atoms with Crippen molar-refractivity contribution in [1.82, 2.24) is 0 Å². The average Bonchev–Trinajstić information content (AvgIpc) is 2.94. The Morgan fingerprint density at radius 3 is 2.28 bits per heavy atom. The second kappa shape index (κ2) is 7.30. The molecule has 2 rings (SSSR count). The number of carbonyl (C=O) groups excluding carboxylic acids is 1. The first-order valence-corrected chi connectivity index (χ1v) is 8.50. The van der Waals surface area contributed by atoms with Gasteiger partial charge in [0.05, 0.1) is 0 Å². The van der Waals surface area contributed by atoms with E-state index in [1.165, 1.54) is 5.56 Å². The van der Waals surface area contributed by atoms with Crippen LogP contribution in [0.15, 0.2) is 44.0 Å². The maximum atomic E-state index is 11.6. The lowest BCUT2D eigenvalue weighted by Crippen LogP contribution is -2.30. The predicted molar refractivity (Wildman–Crippen MR) is 94.4 cm³/mol. The molecule has 0 N–H and O–H groups in total. The summed E-state index contributed by atoms with van der Waals surface area (Å²) in [5, 5.41) is 0. The number of hydrogen-bond donors (Lipinski definition) is 0. The first-order valence-electron chi connectivity index (χ1n) is 8.50. The van der Waals surface area contributed by atoms with Crippen LogP contribution < -0.4 is 5.82 Å². The second-order valence-electron chi connectivity index (χ2n) is 7.53. The SMILES string of the molecule is CCC(=O)OCc1oc(=O)oc1C(C)(C)CC(C)(C)c1ccccc1. The molecule has 25 heavy (non-hydrogen) atoms. The molecule has 2 aromatic rings. The number of benzene rings is 1. The Bertz CT molecular complexity index is 765. The summed E-state index contributed by atoms with van der Waals surface area (Å²) in [4.78, 5) is 23.0. The van der Waals surface area contributed by atoms with E-state index in [0.29, 0.717) is 5.76 Å². The summed E-state index contributed by atoms with van der Waals surface area (Å²) in [6.45, 7) is 9.91. The Kier molecular flexibility index (Phi) is 5.55. The molecular formula is C20H26O5. The molecule has 0 unspecified atom stereocenters. The van der Waals surface area contributed by atoms with Gasteiger partial charge in [-0.25, -0.2) is 4.79 Å². The van der Waals surface area contributed by atoms with E-state index in [1.807, 2.05) is 32.0 Å². The van der Waals surface area contributed by atoms with Crippen molar-refractivity contribution in [1.29, 1.82) is 0 Å². The molecule has 0 aliphatic carbocycles. The van der Waals surface area contributed by atoms with Crippen molar-refractivity contribution in [2.45, 2.75) is 64.9 Å². The lowest BCUT2D eigenvalue weighted by atomic mass is 9.70. The molecule has 0 amide bonds. The maximum absolute atomic E-state index is 11.6. The van der Waals surface area contributed by atoms with Crippen LogP contribution in [0.1, 0.15) is 64.5 Å². The third-order valence-corrected chi connectivity index (χ3v) is 4.35. The van der Waals surface area contributed by atoms with Gasteiger partial charge in [-0.15, -0.1) is 0 Å². The quantitative estimate of drug-likeness (QED) is 0.698. The van der Waals surface area contributed by atoms with Gasteiger partial charge in [-0.1, -0.05) is 65.0 Å². The maximum Gasteiger partial charge on any atom is 0.519 e. The summed E-state index contributed by atoms with van der Waals surface area (Å²) >= 11 is 0. The molecule has 5 heteroatoms. The van der Waals surface area contributed by atoms with Gasteiger partial charge in [-0.2, -0.15) is 0 Å². The molecule has 0 aliphatic heterocycles. The number of ether oxygens (including phenoxy) is 1. The molecule has 0 atom stereocenters. The molecule has 0 spiro atoms. The van der Waals surface area contributed by atoms with E-state index in [2.05, 4.69) is 26.0 Å². The first-order chi connectivity index (χ1) is 11.7. The lowest BCUT2D eigenvalue weighted by Gasteiger charge is -2.34. The van der Waals surface area contributed by atoms with E-state index in [4.69, 9.17) is 13.6 Å². The average molecular weight is 346 g/mol. The highest BCUT2D eigenvalue weighted by Crippen LogP contribution is 2.39. The standard InChI is InChI=1S/C20H26O5/c1-6-16(21)23-12-15-17(25-18(22)24-15)20(4,5)13-19(2,3)14-10-8-7-9-11-14/h7-11H,6,12-13H2,1-5H3. The zero-order chi connectivity index (χ0) is 18.7. The molecule has 1 heterocycles. The fourth-order valence-electron chi connectivity index (χ4n) is 3.34.